The van der Waals surface area contributed by atoms with Crippen molar-refractivity contribution >= 4 is 17.4 Å². The number of anilines is 1. The Morgan fingerprint density at radius 2 is 2.33 bits per heavy atom. The summed E-state index contributed by atoms with van der Waals surface area (Å²) in [5.41, 5.74) is 8.11. The molecule has 1 atom stereocenters. The van der Waals surface area contributed by atoms with Crippen molar-refractivity contribution in [3.8, 4) is 0 Å². The average Bonchev–Trinajstić information content (AvgIpc) is 2.38. The lowest BCUT2D eigenvalue weighted by atomic mass is 10.2. The zero-order valence-electron chi connectivity index (χ0n) is 11.2. The Bertz CT molecular complexity index is 397. The van der Waals surface area contributed by atoms with Gasteiger partial charge >= 0.3 is 0 Å². The lowest BCUT2D eigenvalue weighted by molar-refractivity contribution is -0.0137. The summed E-state index contributed by atoms with van der Waals surface area (Å²) in [5, 5.41) is 0. The molecule has 1 aromatic carbocycles. The van der Waals surface area contributed by atoms with Gasteiger partial charge in [-0.2, -0.15) is 0 Å². The maximum atomic E-state index is 6.02. The molecule has 0 aromatic heterocycles. The fourth-order valence-electron chi connectivity index (χ4n) is 2.15. The molecule has 3 nitrogen and oxygen atoms in total. The van der Waals surface area contributed by atoms with Crippen LogP contribution in [0.3, 0.4) is 0 Å². The number of rotatable bonds is 4. The Morgan fingerprint density at radius 1 is 1.50 bits per heavy atom. The van der Waals surface area contributed by atoms with Gasteiger partial charge in [0.2, 0.25) is 0 Å². The van der Waals surface area contributed by atoms with Gasteiger partial charge in [0, 0.05) is 29.4 Å². The van der Waals surface area contributed by atoms with Crippen LogP contribution in [0.5, 0.6) is 0 Å². The van der Waals surface area contributed by atoms with Gasteiger partial charge in [0.25, 0.3) is 0 Å². The van der Waals surface area contributed by atoms with Crippen molar-refractivity contribution in [2.24, 2.45) is 0 Å². The molecule has 0 aliphatic carbocycles. The number of nitrogens with two attached hydrogens (primary N) is 1. The molecule has 1 aliphatic heterocycles. The van der Waals surface area contributed by atoms with Crippen LogP contribution in [-0.2, 0) is 4.74 Å². The number of hydrogen-bond donors (Lipinski definition) is 1. The first kappa shape index (κ1) is 13.7. The van der Waals surface area contributed by atoms with Crippen LogP contribution < -0.4 is 5.73 Å². The molecular weight excluding hydrogens is 244 g/mol. The molecule has 18 heavy (non-hydrogen) atoms. The normalized spacial score (nSPS) is 21.1. The lowest BCUT2D eigenvalue weighted by Crippen LogP contribution is -2.43. The summed E-state index contributed by atoms with van der Waals surface area (Å²) >= 11 is 1.80. The number of thioether (sulfide) groups is 1. The van der Waals surface area contributed by atoms with Crippen molar-refractivity contribution in [2.75, 3.05) is 37.7 Å². The van der Waals surface area contributed by atoms with Gasteiger partial charge in [-0.1, -0.05) is 13.0 Å². The molecule has 1 heterocycles. The van der Waals surface area contributed by atoms with Gasteiger partial charge in [-0.15, -0.1) is 11.8 Å². The summed E-state index contributed by atoms with van der Waals surface area (Å²) in [5.74, 6) is 0.976. The minimum absolute atomic E-state index is 0.324. The third kappa shape index (κ3) is 3.64. The maximum Gasteiger partial charge on any atom is 0.0796 e. The number of ether oxygens (including phenoxy) is 1. The summed E-state index contributed by atoms with van der Waals surface area (Å²) < 4.78 is 5.79. The van der Waals surface area contributed by atoms with Gasteiger partial charge in [-0.25, -0.2) is 0 Å². The standard InChI is InChI=1S/C14H22N2OS/c1-3-16-6-7-17-12(9-16)10-18-14-5-4-11(2)8-13(14)15/h4-5,8,12H,3,6-7,9-10,15H2,1-2H3. The molecule has 1 saturated heterocycles. The highest BCUT2D eigenvalue weighted by Crippen LogP contribution is 2.27. The topological polar surface area (TPSA) is 38.5 Å². The van der Waals surface area contributed by atoms with Crippen LogP contribution in [0.1, 0.15) is 12.5 Å². The highest BCUT2D eigenvalue weighted by molar-refractivity contribution is 7.99. The van der Waals surface area contributed by atoms with E-state index in [-0.39, 0.29) is 0 Å². The van der Waals surface area contributed by atoms with Crippen LogP contribution in [0, 0.1) is 6.92 Å². The van der Waals surface area contributed by atoms with E-state index >= 15 is 0 Å². The molecule has 1 unspecified atom stereocenters. The molecule has 0 radical (unpaired) electrons. The van der Waals surface area contributed by atoms with E-state index in [1.165, 1.54) is 5.56 Å². The van der Waals surface area contributed by atoms with E-state index < -0.39 is 0 Å². The zero-order valence-corrected chi connectivity index (χ0v) is 12.0. The number of morpholine rings is 1. The van der Waals surface area contributed by atoms with Crippen LogP contribution >= 0.6 is 11.8 Å². The summed E-state index contributed by atoms with van der Waals surface area (Å²) in [4.78, 5) is 3.60. The lowest BCUT2D eigenvalue weighted by Gasteiger charge is -2.31. The van der Waals surface area contributed by atoms with E-state index in [9.17, 15) is 0 Å². The second-order valence-electron chi connectivity index (χ2n) is 4.74. The summed E-state index contributed by atoms with van der Waals surface area (Å²) in [7, 11) is 0. The third-order valence-electron chi connectivity index (χ3n) is 3.26. The van der Waals surface area contributed by atoms with E-state index in [1.54, 1.807) is 11.8 Å². The summed E-state index contributed by atoms with van der Waals surface area (Å²) in [6.45, 7) is 8.32. The Morgan fingerprint density at radius 3 is 3.06 bits per heavy atom. The first-order valence-electron chi connectivity index (χ1n) is 6.52. The maximum absolute atomic E-state index is 6.02. The molecule has 0 amide bonds. The van der Waals surface area contributed by atoms with Crippen molar-refractivity contribution in [1.29, 1.82) is 0 Å². The van der Waals surface area contributed by atoms with Gasteiger partial charge in [0.1, 0.15) is 0 Å². The van der Waals surface area contributed by atoms with Crippen molar-refractivity contribution in [1.82, 2.24) is 4.90 Å². The van der Waals surface area contributed by atoms with E-state index in [0.29, 0.717) is 6.10 Å². The predicted molar refractivity (Wildman–Crippen MR) is 78.2 cm³/mol. The molecule has 2 rings (SSSR count). The van der Waals surface area contributed by atoms with E-state index in [1.807, 2.05) is 6.07 Å². The van der Waals surface area contributed by atoms with Crippen LogP contribution in [0.15, 0.2) is 23.1 Å². The highest BCUT2D eigenvalue weighted by atomic mass is 32.2. The molecule has 1 aromatic rings. The summed E-state index contributed by atoms with van der Waals surface area (Å²) in [6.07, 6.45) is 0.324. The highest BCUT2D eigenvalue weighted by Gasteiger charge is 2.19. The Hall–Kier alpha value is -0.710. The molecule has 0 spiro atoms. The average molecular weight is 266 g/mol. The fourth-order valence-corrected chi connectivity index (χ4v) is 3.11. The predicted octanol–water partition coefficient (Wildman–Crippen LogP) is 2.39. The SMILES string of the molecule is CCN1CCOC(CSc2ccc(C)cc2N)C1. The van der Waals surface area contributed by atoms with Crippen molar-refractivity contribution in [3.63, 3.8) is 0 Å². The molecule has 0 bridgehead atoms. The van der Waals surface area contributed by atoms with E-state index in [2.05, 4.69) is 30.9 Å². The summed E-state index contributed by atoms with van der Waals surface area (Å²) in [6, 6.07) is 6.25. The Balaban J connectivity index is 1.87. The van der Waals surface area contributed by atoms with E-state index in [0.717, 1.165) is 42.6 Å². The number of likely N-dealkylation sites (N-methyl/N-ethyl adjacent to an activating group) is 1. The van der Waals surface area contributed by atoms with E-state index in [4.69, 9.17) is 10.5 Å². The van der Waals surface area contributed by atoms with Gasteiger partial charge < -0.3 is 10.5 Å². The smallest absolute Gasteiger partial charge is 0.0796 e. The monoisotopic (exact) mass is 266 g/mol. The first-order valence-corrected chi connectivity index (χ1v) is 7.50. The molecule has 100 valence electrons. The van der Waals surface area contributed by atoms with Crippen LogP contribution in [0.25, 0.3) is 0 Å². The van der Waals surface area contributed by atoms with Crippen molar-refractivity contribution < 1.29 is 4.74 Å². The van der Waals surface area contributed by atoms with Crippen LogP contribution in [0.4, 0.5) is 5.69 Å². The number of benzene rings is 1. The van der Waals surface area contributed by atoms with Gasteiger partial charge in [-0.3, -0.25) is 4.90 Å². The van der Waals surface area contributed by atoms with Crippen molar-refractivity contribution in [3.05, 3.63) is 23.8 Å². The zero-order chi connectivity index (χ0) is 13.0. The molecular formula is C14H22N2OS. The first-order chi connectivity index (χ1) is 8.69. The van der Waals surface area contributed by atoms with Gasteiger partial charge in [-0.05, 0) is 31.2 Å². The third-order valence-corrected chi connectivity index (χ3v) is 4.48. The quantitative estimate of drug-likeness (QED) is 0.671. The largest absolute Gasteiger partial charge is 0.398 e. The van der Waals surface area contributed by atoms with Crippen LogP contribution in [-0.4, -0.2) is 43.0 Å². The Kier molecular flexibility index (Phi) is 4.92. The minimum Gasteiger partial charge on any atom is -0.398 e. The number of nitrogens with zero attached hydrogens (tertiary/aromatic N) is 1. The number of nitrogen functional groups attached to an aromatic ring is 1. The van der Waals surface area contributed by atoms with Crippen LogP contribution in [0.2, 0.25) is 0 Å². The van der Waals surface area contributed by atoms with Gasteiger partial charge in [0.05, 0.1) is 12.7 Å². The minimum atomic E-state index is 0.324. The number of aryl methyl sites for hydroxylation is 1. The molecule has 1 fully saturated rings. The molecule has 2 N–H and O–H groups in total. The molecule has 4 heteroatoms. The second kappa shape index (κ2) is 6.45. The Labute approximate surface area is 114 Å². The molecule has 0 saturated carbocycles. The van der Waals surface area contributed by atoms with Gasteiger partial charge in [0.15, 0.2) is 0 Å². The number of hydrogen-bond acceptors (Lipinski definition) is 4. The fraction of sp³-hybridized carbons (Fsp3) is 0.571. The molecule has 1 aliphatic rings. The van der Waals surface area contributed by atoms with Crippen molar-refractivity contribution in [2.45, 2.75) is 24.8 Å². The second-order valence-corrected chi connectivity index (χ2v) is 5.80.